The van der Waals surface area contributed by atoms with Crippen molar-refractivity contribution in [2.45, 2.75) is 142 Å². The zero-order valence-corrected chi connectivity index (χ0v) is 32.2. The van der Waals surface area contributed by atoms with E-state index in [0.717, 1.165) is 29.7 Å². The molecule has 0 radical (unpaired) electrons. The standard InChI is InChI=1S/C39H62O4Si2/c1-12-13-15-22-32(42-44(8,9)38(2,3)4)24-25-34-35(36(40)28-37(34)43-45(10,11)39(5,6)7)27-31-21-18-23-33(26-31)41-29-30-19-16-14-17-20-30/h14,16-21,23-26,32,34-35,37H,12-13,15,22,27-29H2,1-11H3/b25-24+/t32-,34+,35+,37?/m0/s1. The highest BCUT2D eigenvalue weighted by atomic mass is 28.4. The summed E-state index contributed by atoms with van der Waals surface area (Å²) in [7, 11) is -4.06. The summed E-state index contributed by atoms with van der Waals surface area (Å²) in [5.74, 6) is 1.01. The minimum Gasteiger partial charge on any atom is -0.489 e. The SMILES string of the molecule is CCCCC[C@@H](/C=C/[C@H]1C(O[Si](C)(C)C(C)(C)C)CC(=O)[C@@H]1Cc1cccc(OCc2ccccc2)c1)O[Si](C)(C)C(C)(C)C. The molecule has 0 aromatic heterocycles. The highest BCUT2D eigenvalue weighted by molar-refractivity contribution is 6.74. The van der Waals surface area contributed by atoms with Crippen LogP contribution in [0.4, 0.5) is 0 Å². The summed E-state index contributed by atoms with van der Waals surface area (Å²) in [4.78, 5) is 13.8. The fraction of sp³-hybridized carbons (Fsp3) is 0.615. The van der Waals surface area contributed by atoms with Crippen molar-refractivity contribution < 1.29 is 18.4 Å². The molecule has 2 aromatic rings. The molecule has 250 valence electrons. The van der Waals surface area contributed by atoms with Crippen molar-refractivity contribution in [1.29, 1.82) is 0 Å². The van der Waals surface area contributed by atoms with Crippen LogP contribution < -0.4 is 4.74 Å². The Bertz CT molecular complexity index is 1240. The van der Waals surface area contributed by atoms with E-state index in [1.54, 1.807) is 0 Å². The van der Waals surface area contributed by atoms with Crippen LogP contribution in [0, 0.1) is 11.8 Å². The van der Waals surface area contributed by atoms with Gasteiger partial charge in [-0.15, -0.1) is 0 Å². The van der Waals surface area contributed by atoms with Crippen molar-refractivity contribution in [3.63, 3.8) is 0 Å². The molecule has 1 saturated carbocycles. The Morgan fingerprint density at radius 2 is 1.51 bits per heavy atom. The Hall–Kier alpha value is -2.00. The summed E-state index contributed by atoms with van der Waals surface area (Å²) in [6.07, 6.45) is 10.3. The zero-order valence-electron chi connectivity index (χ0n) is 30.2. The first-order chi connectivity index (χ1) is 20.9. The lowest BCUT2D eigenvalue weighted by molar-refractivity contribution is -0.121. The average molecular weight is 651 g/mol. The van der Waals surface area contributed by atoms with Crippen molar-refractivity contribution in [3.05, 3.63) is 77.9 Å². The molecular weight excluding hydrogens is 589 g/mol. The summed E-state index contributed by atoms with van der Waals surface area (Å²) in [6.45, 7) is 25.8. The van der Waals surface area contributed by atoms with Gasteiger partial charge in [0.25, 0.3) is 0 Å². The van der Waals surface area contributed by atoms with E-state index in [-0.39, 0.29) is 34.1 Å². The lowest BCUT2D eigenvalue weighted by atomic mass is 9.87. The van der Waals surface area contributed by atoms with E-state index < -0.39 is 16.6 Å². The second-order valence-corrected chi connectivity index (χ2v) is 25.7. The third-order valence-electron chi connectivity index (χ3n) is 10.5. The molecule has 45 heavy (non-hydrogen) atoms. The van der Waals surface area contributed by atoms with Gasteiger partial charge < -0.3 is 13.6 Å². The van der Waals surface area contributed by atoms with Crippen LogP contribution in [-0.4, -0.2) is 34.6 Å². The van der Waals surface area contributed by atoms with Gasteiger partial charge >= 0.3 is 0 Å². The van der Waals surface area contributed by atoms with Crippen molar-refractivity contribution in [3.8, 4) is 5.75 Å². The predicted molar refractivity (Wildman–Crippen MR) is 195 cm³/mol. The van der Waals surface area contributed by atoms with Crippen LogP contribution in [0.5, 0.6) is 5.75 Å². The molecule has 1 aliphatic carbocycles. The maximum atomic E-state index is 13.8. The van der Waals surface area contributed by atoms with Gasteiger partial charge in [-0.05, 0) is 72.4 Å². The van der Waals surface area contributed by atoms with Gasteiger partial charge in [-0.3, -0.25) is 4.79 Å². The van der Waals surface area contributed by atoms with Crippen LogP contribution in [0.25, 0.3) is 0 Å². The molecule has 0 saturated heterocycles. The summed E-state index contributed by atoms with van der Waals surface area (Å²) in [5, 5.41) is 0.207. The van der Waals surface area contributed by atoms with E-state index >= 15 is 0 Å². The molecule has 4 atom stereocenters. The van der Waals surface area contributed by atoms with Gasteiger partial charge in [0.2, 0.25) is 0 Å². The number of ketones is 1. The molecule has 0 bridgehead atoms. The summed E-state index contributed by atoms with van der Waals surface area (Å²) < 4.78 is 20.1. The number of Topliss-reactive ketones (excluding diaryl/α,β-unsaturated/α-hetero) is 1. The molecule has 3 rings (SSSR count). The smallest absolute Gasteiger partial charge is 0.192 e. The highest BCUT2D eigenvalue weighted by Crippen LogP contribution is 2.43. The summed E-state index contributed by atoms with van der Waals surface area (Å²) in [5.41, 5.74) is 2.26. The molecule has 1 fully saturated rings. The molecule has 0 amide bonds. The Kier molecular flexibility index (Phi) is 13.1. The van der Waals surface area contributed by atoms with Crippen LogP contribution in [-0.2, 0) is 26.7 Å². The van der Waals surface area contributed by atoms with E-state index in [9.17, 15) is 4.79 Å². The predicted octanol–water partition coefficient (Wildman–Crippen LogP) is 10.9. The molecular formula is C39H62O4Si2. The monoisotopic (exact) mass is 650 g/mol. The molecule has 0 aliphatic heterocycles. The Morgan fingerprint density at radius 3 is 2.13 bits per heavy atom. The average Bonchev–Trinajstić information content (AvgIpc) is 3.22. The number of carbonyl (C=O) groups excluding carboxylic acids is 1. The second-order valence-electron chi connectivity index (χ2n) is 16.2. The number of unbranched alkanes of at least 4 members (excludes halogenated alkanes) is 2. The first-order valence-corrected chi connectivity index (χ1v) is 23.1. The molecule has 4 nitrogen and oxygen atoms in total. The fourth-order valence-corrected chi connectivity index (χ4v) is 8.16. The van der Waals surface area contributed by atoms with Crippen LogP contribution >= 0.6 is 0 Å². The lowest BCUT2D eigenvalue weighted by Crippen LogP contribution is -2.45. The molecule has 0 spiro atoms. The molecule has 1 unspecified atom stereocenters. The normalized spacial score (nSPS) is 20.6. The number of ether oxygens (including phenoxy) is 1. The molecule has 0 heterocycles. The third kappa shape index (κ3) is 10.8. The minimum atomic E-state index is -2.09. The number of rotatable bonds is 15. The van der Waals surface area contributed by atoms with Gasteiger partial charge in [-0.2, -0.15) is 0 Å². The maximum Gasteiger partial charge on any atom is 0.192 e. The van der Waals surface area contributed by atoms with Crippen LogP contribution in [0.1, 0.15) is 91.7 Å². The molecule has 2 aromatic carbocycles. The highest BCUT2D eigenvalue weighted by Gasteiger charge is 2.47. The largest absolute Gasteiger partial charge is 0.489 e. The van der Waals surface area contributed by atoms with Crippen LogP contribution in [0.15, 0.2) is 66.7 Å². The second kappa shape index (κ2) is 15.7. The van der Waals surface area contributed by atoms with Crippen molar-refractivity contribution in [1.82, 2.24) is 0 Å². The van der Waals surface area contributed by atoms with Gasteiger partial charge in [-0.1, -0.05) is 122 Å². The first kappa shape index (κ1) is 37.5. The quantitative estimate of drug-likeness (QED) is 0.109. The van der Waals surface area contributed by atoms with E-state index in [2.05, 4.69) is 111 Å². The van der Waals surface area contributed by atoms with Crippen molar-refractivity contribution >= 4 is 22.4 Å². The maximum absolute atomic E-state index is 13.8. The Balaban J connectivity index is 1.89. The number of hydrogen-bond donors (Lipinski definition) is 0. The van der Waals surface area contributed by atoms with Gasteiger partial charge in [0.1, 0.15) is 18.1 Å². The third-order valence-corrected chi connectivity index (χ3v) is 19.5. The van der Waals surface area contributed by atoms with Crippen molar-refractivity contribution in [2.24, 2.45) is 11.8 Å². The van der Waals surface area contributed by atoms with E-state index in [0.29, 0.717) is 25.2 Å². The molecule has 6 heteroatoms. The van der Waals surface area contributed by atoms with Gasteiger partial charge in [0.05, 0.1) is 12.2 Å². The Labute approximate surface area is 277 Å². The first-order valence-electron chi connectivity index (χ1n) is 17.3. The topological polar surface area (TPSA) is 44.8 Å². The Morgan fingerprint density at radius 1 is 0.867 bits per heavy atom. The van der Waals surface area contributed by atoms with Crippen LogP contribution in [0.3, 0.4) is 0 Å². The van der Waals surface area contributed by atoms with Crippen molar-refractivity contribution in [2.75, 3.05) is 0 Å². The number of hydrogen-bond acceptors (Lipinski definition) is 4. The summed E-state index contributed by atoms with van der Waals surface area (Å²) >= 11 is 0. The van der Waals surface area contributed by atoms with E-state index in [4.69, 9.17) is 13.6 Å². The van der Waals surface area contributed by atoms with Gasteiger partial charge in [0.15, 0.2) is 16.6 Å². The zero-order chi connectivity index (χ0) is 33.5. The summed E-state index contributed by atoms with van der Waals surface area (Å²) in [6, 6.07) is 18.5. The fourth-order valence-electron chi connectivity index (χ4n) is 5.50. The number of benzene rings is 2. The van der Waals surface area contributed by atoms with E-state index in [1.807, 2.05) is 30.3 Å². The minimum absolute atomic E-state index is 0.0113. The molecule has 1 aliphatic rings. The van der Waals surface area contributed by atoms with Crippen LogP contribution in [0.2, 0.25) is 36.3 Å². The van der Waals surface area contributed by atoms with Gasteiger partial charge in [-0.25, -0.2) is 0 Å². The number of carbonyl (C=O) groups is 1. The van der Waals surface area contributed by atoms with E-state index in [1.165, 1.54) is 12.8 Å². The van der Waals surface area contributed by atoms with Gasteiger partial charge in [0, 0.05) is 18.3 Å². The lowest BCUT2D eigenvalue weighted by Gasteiger charge is -2.40. The molecule has 0 N–H and O–H groups in total.